The van der Waals surface area contributed by atoms with Crippen LogP contribution in [0.4, 0.5) is 0 Å². The topological polar surface area (TPSA) is 68.0 Å². The Balaban J connectivity index is 2.05. The lowest BCUT2D eigenvalue weighted by Gasteiger charge is -2.01. The van der Waals surface area contributed by atoms with E-state index in [0.29, 0.717) is 6.54 Å². The quantitative estimate of drug-likeness (QED) is 0.805. The molecule has 1 N–H and O–H groups in total. The van der Waals surface area contributed by atoms with E-state index in [4.69, 9.17) is 5.11 Å². The van der Waals surface area contributed by atoms with Gasteiger partial charge in [-0.05, 0) is 17.2 Å². The number of aliphatic carboxylic acids is 1. The average Bonchev–Trinajstić information content (AvgIpc) is 2.81. The Bertz CT molecular complexity index is 515. The van der Waals surface area contributed by atoms with Gasteiger partial charge >= 0.3 is 5.97 Å². The predicted molar refractivity (Wildman–Crippen MR) is 62.2 cm³/mol. The summed E-state index contributed by atoms with van der Waals surface area (Å²) in [6.07, 6.45) is 5.82. The first kappa shape index (κ1) is 11.1. The summed E-state index contributed by atoms with van der Waals surface area (Å²) in [5.41, 5.74) is 1.94. The number of carboxylic acids is 1. The number of carbonyl (C=O) groups is 1. The van der Waals surface area contributed by atoms with Crippen molar-refractivity contribution in [1.29, 1.82) is 0 Å². The van der Waals surface area contributed by atoms with Crippen molar-refractivity contribution < 1.29 is 9.90 Å². The molecule has 0 aliphatic rings. The van der Waals surface area contributed by atoms with E-state index >= 15 is 0 Å². The van der Waals surface area contributed by atoms with Crippen molar-refractivity contribution in [3.8, 4) is 0 Å². The zero-order valence-corrected chi connectivity index (χ0v) is 9.02. The Labute approximate surface area is 98.0 Å². The summed E-state index contributed by atoms with van der Waals surface area (Å²) in [5, 5.41) is 12.5. The first-order valence-electron chi connectivity index (χ1n) is 5.06. The van der Waals surface area contributed by atoms with Gasteiger partial charge < -0.3 is 5.11 Å². The van der Waals surface area contributed by atoms with E-state index in [1.165, 1.54) is 6.33 Å². The molecule has 1 aromatic heterocycles. The Morgan fingerprint density at radius 1 is 1.35 bits per heavy atom. The van der Waals surface area contributed by atoms with Gasteiger partial charge in [-0.1, -0.05) is 24.3 Å². The van der Waals surface area contributed by atoms with Gasteiger partial charge in [0.25, 0.3) is 0 Å². The number of carboxylic acid groups (broad SMARTS) is 1. The van der Waals surface area contributed by atoms with Gasteiger partial charge in [0.2, 0.25) is 0 Å². The molecule has 0 unspecified atom stereocenters. The van der Waals surface area contributed by atoms with Crippen LogP contribution in [0.1, 0.15) is 11.1 Å². The van der Waals surface area contributed by atoms with Gasteiger partial charge in [0.1, 0.15) is 12.7 Å². The largest absolute Gasteiger partial charge is 0.478 e. The van der Waals surface area contributed by atoms with E-state index in [0.717, 1.165) is 17.2 Å². The minimum atomic E-state index is -0.948. The SMILES string of the molecule is O=C(O)C=Cc1ccc(Cn2cncn2)cc1. The minimum Gasteiger partial charge on any atom is -0.478 e. The lowest BCUT2D eigenvalue weighted by molar-refractivity contribution is -0.131. The summed E-state index contributed by atoms with van der Waals surface area (Å²) in [6, 6.07) is 7.60. The van der Waals surface area contributed by atoms with Crippen molar-refractivity contribution in [3.63, 3.8) is 0 Å². The Morgan fingerprint density at radius 2 is 2.12 bits per heavy atom. The van der Waals surface area contributed by atoms with Gasteiger partial charge in [0, 0.05) is 6.08 Å². The fourth-order valence-electron chi connectivity index (χ4n) is 1.40. The van der Waals surface area contributed by atoms with Gasteiger partial charge in [-0.3, -0.25) is 0 Å². The summed E-state index contributed by atoms with van der Waals surface area (Å²) in [4.78, 5) is 14.2. The molecule has 0 atom stereocenters. The maximum absolute atomic E-state index is 10.3. The molecular weight excluding hydrogens is 218 g/mol. The Morgan fingerprint density at radius 3 is 2.71 bits per heavy atom. The van der Waals surface area contributed by atoms with Crippen LogP contribution in [0.15, 0.2) is 43.0 Å². The molecule has 17 heavy (non-hydrogen) atoms. The molecule has 0 spiro atoms. The molecule has 2 rings (SSSR count). The van der Waals surface area contributed by atoms with E-state index in [2.05, 4.69) is 10.1 Å². The lowest BCUT2D eigenvalue weighted by Crippen LogP contribution is -1.99. The van der Waals surface area contributed by atoms with Gasteiger partial charge in [0.15, 0.2) is 0 Å². The zero-order valence-electron chi connectivity index (χ0n) is 9.02. The van der Waals surface area contributed by atoms with Crippen molar-refractivity contribution in [1.82, 2.24) is 14.8 Å². The third kappa shape index (κ3) is 3.27. The van der Waals surface area contributed by atoms with Crippen LogP contribution < -0.4 is 0 Å². The standard InChI is InChI=1S/C12H11N3O2/c16-12(17)6-5-10-1-3-11(4-2-10)7-15-9-13-8-14-15/h1-6,8-9H,7H2,(H,16,17). The highest BCUT2D eigenvalue weighted by atomic mass is 16.4. The molecule has 86 valence electrons. The van der Waals surface area contributed by atoms with Gasteiger partial charge in [-0.15, -0.1) is 0 Å². The van der Waals surface area contributed by atoms with Crippen LogP contribution in [-0.2, 0) is 11.3 Å². The van der Waals surface area contributed by atoms with Crippen LogP contribution in [0.3, 0.4) is 0 Å². The monoisotopic (exact) mass is 229 g/mol. The Hall–Kier alpha value is -2.43. The third-order valence-corrected chi connectivity index (χ3v) is 2.21. The minimum absolute atomic E-state index is 0.656. The van der Waals surface area contributed by atoms with Crippen LogP contribution in [0.25, 0.3) is 6.08 Å². The van der Waals surface area contributed by atoms with E-state index < -0.39 is 5.97 Å². The molecule has 1 aromatic carbocycles. The number of hydrogen-bond donors (Lipinski definition) is 1. The van der Waals surface area contributed by atoms with Gasteiger partial charge in [0.05, 0.1) is 6.54 Å². The van der Waals surface area contributed by atoms with E-state index in [-0.39, 0.29) is 0 Å². The van der Waals surface area contributed by atoms with Crippen LogP contribution in [0.5, 0.6) is 0 Å². The molecule has 5 heteroatoms. The van der Waals surface area contributed by atoms with Crippen LogP contribution in [0.2, 0.25) is 0 Å². The smallest absolute Gasteiger partial charge is 0.328 e. The molecule has 2 aromatic rings. The highest BCUT2D eigenvalue weighted by molar-refractivity contribution is 5.85. The fourth-order valence-corrected chi connectivity index (χ4v) is 1.40. The van der Waals surface area contributed by atoms with Crippen molar-refractivity contribution in [2.24, 2.45) is 0 Å². The molecule has 5 nitrogen and oxygen atoms in total. The molecule has 0 saturated heterocycles. The van der Waals surface area contributed by atoms with Gasteiger partial charge in [-0.25, -0.2) is 14.5 Å². The summed E-state index contributed by atoms with van der Waals surface area (Å²) < 4.78 is 1.72. The van der Waals surface area contributed by atoms with Crippen molar-refractivity contribution in [3.05, 3.63) is 54.1 Å². The maximum Gasteiger partial charge on any atom is 0.328 e. The Kier molecular flexibility index (Phi) is 3.30. The second-order valence-electron chi connectivity index (χ2n) is 3.51. The predicted octanol–water partition coefficient (Wildman–Crippen LogP) is 1.42. The lowest BCUT2D eigenvalue weighted by atomic mass is 10.1. The normalized spacial score (nSPS) is 10.8. The molecule has 0 radical (unpaired) electrons. The molecule has 0 saturated carbocycles. The van der Waals surface area contributed by atoms with E-state index in [1.54, 1.807) is 17.1 Å². The number of aromatic nitrogens is 3. The molecular formula is C12H11N3O2. The molecule has 0 fully saturated rings. The highest BCUT2D eigenvalue weighted by Crippen LogP contribution is 2.07. The summed E-state index contributed by atoms with van der Waals surface area (Å²) in [7, 11) is 0. The second kappa shape index (κ2) is 5.07. The highest BCUT2D eigenvalue weighted by Gasteiger charge is 1.95. The molecule has 1 heterocycles. The first-order valence-corrected chi connectivity index (χ1v) is 5.06. The van der Waals surface area contributed by atoms with Crippen LogP contribution in [-0.4, -0.2) is 25.8 Å². The molecule has 0 aliphatic carbocycles. The van der Waals surface area contributed by atoms with Crippen molar-refractivity contribution in [2.45, 2.75) is 6.54 Å². The van der Waals surface area contributed by atoms with E-state index in [1.807, 2.05) is 24.3 Å². The number of rotatable bonds is 4. The third-order valence-electron chi connectivity index (χ3n) is 2.21. The maximum atomic E-state index is 10.3. The molecule has 0 bridgehead atoms. The van der Waals surface area contributed by atoms with E-state index in [9.17, 15) is 4.79 Å². The molecule has 0 aliphatic heterocycles. The van der Waals surface area contributed by atoms with Crippen molar-refractivity contribution in [2.75, 3.05) is 0 Å². The second-order valence-corrected chi connectivity index (χ2v) is 3.51. The fraction of sp³-hybridized carbons (Fsp3) is 0.0833. The number of hydrogen-bond acceptors (Lipinski definition) is 3. The first-order chi connectivity index (χ1) is 8.24. The van der Waals surface area contributed by atoms with Gasteiger partial charge in [-0.2, -0.15) is 5.10 Å². The van der Waals surface area contributed by atoms with Crippen molar-refractivity contribution >= 4 is 12.0 Å². The number of nitrogens with zero attached hydrogens (tertiary/aromatic N) is 3. The van der Waals surface area contributed by atoms with Crippen LogP contribution in [0, 0.1) is 0 Å². The summed E-state index contributed by atoms with van der Waals surface area (Å²) in [5.74, 6) is -0.948. The average molecular weight is 229 g/mol. The summed E-state index contributed by atoms with van der Waals surface area (Å²) in [6.45, 7) is 0.656. The zero-order chi connectivity index (χ0) is 12.1. The molecule has 0 amide bonds. The number of benzene rings is 1. The van der Waals surface area contributed by atoms with Crippen LogP contribution >= 0.6 is 0 Å². The summed E-state index contributed by atoms with van der Waals surface area (Å²) >= 11 is 0.